The SMILES string of the molecule is O=C(Nc1ccc2cc(C(=O)C[C@H]3CN4CCC3CC4)sc2c1)c1ccccc1. The lowest BCUT2D eigenvalue weighted by atomic mass is 9.76. The second-order valence-electron chi connectivity index (χ2n) is 8.21. The fourth-order valence-corrected chi connectivity index (χ4v) is 5.75. The van der Waals surface area contributed by atoms with Crippen molar-refractivity contribution < 1.29 is 9.59 Å². The van der Waals surface area contributed by atoms with Crippen LogP contribution in [-0.2, 0) is 0 Å². The maximum Gasteiger partial charge on any atom is 0.255 e. The van der Waals surface area contributed by atoms with E-state index in [0.29, 0.717) is 17.9 Å². The number of Topliss-reactive ketones (excluding diaryl/α,β-unsaturated/α-hetero) is 1. The van der Waals surface area contributed by atoms with Gasteiger partial charge >= 0.3 is 0 Å². The first kappa shape index (κ1) is 18.5. The third kappa shape index (κ3) is 3.85. The van der Waals surface area contributed by atoms with Crippen LogP contribution in [-0.4, -0.2) is 36.2 Å². The summed E-state index contributed by atoms with van der Waals surface area (Å²) >= 11 is 1.54. The molecular weight excluding hydrogens is 380 g/mol. The zero-order chi connectivity index (χ0) is 19.8. The molecule has 0 saturated carbocycles. The lowest BCUT2D eigenvalue weighted by Gasteiger charge is -2.44. The van der Waals surface area contributed by atoms with Crippen molar-refractivity contribution in [3.8, 4) is 0 Å². The molecule has 1 aromatic heterocycles. The molecule has 0 unspecified atom stereocenters. The van der Waals surface area contributed by atoms with Crippen molar-refractivity contribution in [2.75, 3.05) is 25.0 Å². The van der Waals surface area contributed by atoms with Crippen LogP contribution < -0.4 is 5.32 Å². The van der Waals surface area contributed by atoms with Crippen LogP contribution in [0.5, 0.6) is 0 Å². The van der Waals surface area contributed by atoms with E-state index in [1.165, 1.54) is 37.3 Å². The van der Waals surface area contributed by atoms with Crippen LogP contribution in [0.25, 0.3) is 10.1 Å². The molecule has 1 N–H and O–H groups in total. The number of thiophene rings is 1. The first-order valence-electron chi connectivity index (χ1n) is 10.3. The van der Waals surface area contributed by atoms with E-state index in [4.69, 9.17) is 0 Å². The van der Waals surface area contributed by atoms with Crippen molar-refractivity contribution in [2.45, 2.75) is 19.3 Å². The van der Waals surface area contributed by atoms with E-state index in [2.05, 4.69) is 10.2 Å². The maximum atomic E-state index is 12.9. The number of nitrogens with zero attached hydrogens (tertiary/aromatic N) is 1. The summed E-state index contributed by atoms with van der Waals surface area (Å²) in [6.07, 6.45) is 3.15. The van der Waals surface area contributed by atoms with Gasteiger partial charge in [-0.15, -0.1) is 11.3 Å². The summed E-state index contributed by atoms with van der Waals surface area (Å²) < 4.78 is 1.04. The Morgan fingerprint density at radius 2 is 1.83 bits per heavy atom. The second kappa shape index (κ2) is 7.73. The number of rotatable bonds is 5. The second-order valence-corrected chi connectivity index (χ2v) is 9.29. The molecule has 6 rings (SSSR count). The van der Waals surface area contributed by atoms with E-state index in [1.807, 2.05) is 42.5 Å². The first-order valence-corrected chi connectivity index (χ1v) is 11.1. The lowest BCUT2D eigenvalue weighted by Crippen LogP contribution is -2.47. The molecule has 3 fully saturated rings. The molecule has 1 atom stereocenters. The van der Waals surface area contributed by atoms with Crippen molar-refractivity contribution >= 4 is 38.8 Å². The largest absolute Gasteiger partial charge is 0.322 e. The smallest absolute Gasteiger partial charge is 0.255 e. The van der Waals surface area contributed by atoms with Gasteiger partial charge in [-0.25, -0.2) is 0 Å². The quantitative estimate of drug-likeness (QED) is 0.604. The molecule has 4 nitrogen and oxygen atoms in total. The van der Waals surface area contributed by atoms with Crippen LogP contribution in [0, 0.1) is 11.8 Å². The Kier molecular flexibility index (Phi) is 4.94. The Labute approximate surface area is 174 Å². The molecule has 3 saturated heterocycles. The molecule has 0 spiro atoms. The monoisotopic (exact) mass is 404 g/mol. The van der Waals surface area contributed by atoms with Crippen molar-refractivity contribution in [1.29, 1.82) is 0 Å². The van der Waals surface area contributed by atoms with Crippen molar-refractivity contribution in [1.82, 2.24) is 4.90 Å². The molecule has 2 bridgehead atoms. The van der Waals surface area contributed by atoms with Gasteiger partial charge in [-0.05, 0) is 73.5 Å². The van der Waals surface area contributed by atoms with Gasteiger partial charge in [0.25, 0.3) is 5.91 Å². The van der Waals surface area contributed by atoms with Gasteiger partial charge in [0.1, 0.15) is 0 Å². The van der Waals surface area contributed by atoms with Crippen LogP contribution in [0.2, 0.25) is 0 Å². The summed E-state index contributed by atoms with van der Waals surface area (Å²) in [6.45, 7) is 3.49. The lowest BCUT2D eigenvalue weighted by molar-refractivity contribution is 0.0442. The number of benzene rings is 2. The van der Waals surface area contributed by atoms with E-state index in [-0.39, 0.29) is 11.7 Å². The molecule has 148 valence electrons. The molecule has 3 aliphatic heterocycles. The number of hydrogen-bond donors (Lipinski definition) is 1. The van der Waals surface area contributed by atoms with Gasteiger partial charge in [0, 0.05) is 28.9 Å². The summed E-state index contributed by atoms with van der Waals surface area (Å²) in [5.41, 5.74) is 1.39. The van der Waals surface area contributed by atoms with Crippen LogP contribution >= 0.6 is 11.3 Å². The summed E-state index contributed by atoms with van der Waals surface area (Å²) in [5, 5.41) is 4.01. The molecule has 2 aromatic carbocycles. The number of carbonyl (C=O) groups is 2. The van der Waals surface area contributed by atoms with E-state index in [1.54, 1.807) is 12.1 Å². The van der Waals surface area contributed by atoms with E-state index >= 15 is 0 Å². The first-order chi connectivity index (χ1) is 14.2. The number of amides is 1. The standard InChI is InChI=1S/C24H24N2O2S/c27-21(12-19-15-26-10-8-16(19)9-11-26)23-13-18-6-7-20(14-22(18)29-23)25-24(28)17-4-2-1-3-5-17/h1-7,13-14,16,19H,8-12,15H2,(H,25,28)/t19-/m0/s1. The number of nitrogens with one attached hydrogen (secondary N) is 1. The molecule has 1 amide bonds. The average Bonchev–Trinajstić information content (AvgIpc) is 3.19. The number of anilines is 1. The predicted molar refractivity (Wildman–Crippen MR) is 118 cm³/mol. The zero-order valence-corrected chi connectivity index (χ0v) is 17.1. The average molecular weight is 405 g/mol. The number of piperidine rings is 3. The molecule has 4 heterocycles. The van der Waals surface area contributed by atoms with Crippen LogP contribution in [0.1, 0.15) is 39.3 Å². The summed E-state index contributed by atoms with van der Waals surface area (Å²) in [5.74, 6) is 1.37. The topological polar surface area (TPSA) is 49.4 Å². The van der Waals surface area contributed by atoms with Gasteiger partial charge in [-0.2, -0.15) is 0 Å². The minimum atomic E-state index is -0.125. The molecular formula is C24H24N2O2S. The summed E-state index contributed by atoms with van der Waals surface area (Å²) in [6, 6.07) is 17.0. The summed E-state index contributed by atoms with van der Waals surface area (Å²) in [4.78, 5) is 28.7. The Morgan fingerprint density at radius 1 is 1.03 bits per heavy atom. The number of fused-ring (bicyclic) bond motifs is 4. The maximum absolute atomic E-state index is 12.9. The predicted octanol–water partition coefficient (Wildman–Crippen LogP) is 5.07. The highest BCUT2D eigenvalue weighted by Crippen LogP contribution is 2.36. The van der Waals surface area contributed by atoms with Crippen LogP contribution in [0.4, 0.5) is 5.69 Å². The Bertz CT molecular complexity index is 1050. The molecule has 0 radical (unpaired) electrons. The highest BCUT2D eigenvalue weighted by molar-refractivity contribution is 7.20. The summed E-state index contributed by atoms with van der Waals surface area (Å²) in [7, 11) is 0. The Hall–Kier alpha value is -2.50. The normalized spacial score (nSPS) is 23.2. The van der Waals surface area contributed by atoms with E-state index in [9.17, 15) is 9.59 Å². The molecule has 5 heteroatoms. The Balaban J connectivity index is 1.30. The minimum absolute atomic E-state index is 0.125. The van der Waals surface area contributed by atoms with E-state index in [0.717, 1.165) is 33.1 Å². The van der Waals surface area contributed by atoms with Crippen LogP contribution in [0.15, 0.2) is 54.6 Å². The third-order valence-corrected chi connectivity index (χ3v) is 7.47. The Morgan fingerprint density at radius 3 is 2.55 bits per heavy atom. The van der Waals surface area contributed by atoms with Gasteiger partial charge in [0.15, 0.2) is 5.78 Å². The van der Waals surface area contributed by atoms with Gasteiger partial charge in [-0.3, -0.25) is 9.59 Å². The van der Waals surface area contributed by atoms with Gasteiger partial charge < -0.3 is 10.2 Å². The fraction of sp³-hybridized carbons (Fsp3) is 0.333. The number of hydrogen-bond acceptors (Lipinski definition) is 4. The van der Waals surface area contributed by atoms with Crippen molar-refractivity contribution in [2.24, 2.45) is 11.8 Å². The zero-order valence-electron chi connectivity index (χ0n) is 16.3. The third-order valence-electron chi connectivity index (χ3n) is 6.33. The van der Waals surface area contributed by atoms with Crippen LogP contribution in [0.3, 0.4) is 0 Å². The molecule has 29 heavy (non-hydrogen) atoms. The fourth-order valence-electron chi connectivity index (χ4n) is 4.70. The van der Waals surface area contributed by atoms with Crippen molar-refractivity contribution in [3.05, 3.63) is 65.0 Å². The van der Waals surface area contributed by atoms with Crippen molar-refractivity contribution in [3.63, 3.8) is 0 Å². The van der Waals surface area contributed by atoms with Gasteiger partial charge in [0.05, 0.1) is 4.88 Å². The van der Waals surface area contributed by atoms with E-state index < -0.39 is 0 Å². The molecule has 0 aliphatic carbocycles. The molecule has 3 aliphatic rings. The molecule has 3 aromatic rings. The number of ketones is 1. The number of carbonyl (C=O) groups excluding carboxylic acids is 2. The highest BCUT2D eigenvalue weighted by Gasteiger charge is 2.35. The van der Waals surface area contributed by atoms with Gasteiger partial charge in [-0.1, -0.05) is 24.3 Å². The highest BCUT2D eigenvalue weighted by atomic mass is 32.1. The minimum Gasteiger partial charge on any atom is -0.322 e. The van der Waals surface area contributed by atoms with Gasteiger partial charge in [0.2, 0.25) is 0 Å².